The lowest BCUT2D eigenvalue weighted by Gasteiger charge is -2.23. The van der Waals surface area contributed by atoms with Crippen molar-refractivity contribution in [2.75, 3.05) is 7.11 Å². The van der Waals surface area contributed by atoms with Crippen LogP contribution in [-0.4, -0.2) is 23.3 Å². The number of hydrogen-bond acceptors (Lipinski definition) is 3. The molecule has 2 N–H and O–H groups in total. The fraction of sp³-hybridized carbons (Fsp3) is 0.500. The van der Waals surface area contributed by atoms with Gasteiger partial charge in [0.2, 0.25) is 0 Å². The standard InChI is InChI=1S/C14H19ClO4/c1-7-9(6-14(3,4)13(17)18)11(16)12(19-5)8(2)10(7)15/h16H,6H2,1-5H3,(H,17,18). The van der Waals surface area contributed by atoms with Crippen molar-refractivity contribution >= 4 is 17.6 Å². The summed E-state index contributed by atoms with van der Waals surface area (Å²) < 4.78 is 5.15. The number of carboxylic acids is 1. The quantitative estimate of drug-likeness (QED) is 0.891. The van der Waals surface area contributed by atoms with Crippen molar-refractivity contribution in [2.24, 2.45) is 5.41 Å². The molecule has 0 radical (unpaired) electrons. The predicted molar refractivity (Wildman–Crippen MR) is 74.3 cm³/mol. The van der Waals surface area contributed by atoms with Crippen LogP contribution in [0.4, 0.5) is 0 Å². The summed E-state index contributed by atoms with van der Waals surface area (Å²) in [6.45, 7) is 6.73. The number of methoxy groups -OCH3 is 1. The molecule has 0 aliphatic heterocycles. The Bertz CT molecular complexity index is 521. The van der Waals surface area contributed by atoms with E-state index in [0.29, 0.717) is 27.5 Å². The first-order valence-corrected chi connectivity index (χ1v) is 6.29. The normalized spacial score (nSPS) is 11.5. The number of hydrogen-bond donors (Lipinski definition) is 2. The maximum atomic E-state index is 11.2. The van der Waals surface area contributed by atoms with Gasteiger partial charge in [0, 0.05) is 11.1 Å². The summed E-state index contributed by atoms with van der Waals surface area (Å²) in [6, 6.07) is 0. The molecule has 0 aliphatic rings. The maximum absolute atomic E-state index is 11.2. The van der Waals surface area contributed by atoms with Gasteiger partial charge in [0.25, 0.3) is 0 Å². The van der Waals surface area contributed by atoms with Crippen molar-refractivity contribution in [3.05, 3.63) is 21.7 Å². The molecule has 0 aliphatic carbocycles. The average Bonchev–Trinajstić information content (AvgIpc) is 2.33. The van der Waals surface area contributed by atoms with Crippen LogP contribution in [0.5, 0.6) is 11.5 Å². The molecule has 1 rings (SSSR count). The molecular formula is C14H19ClO4. The molecule has 0 aromatic heterocycles. The molecule has 0 fully saturated rings. The molecule has 0 amide bonds. The lowest BCUT2D eigenvalue weighted by molar-refractivity contribution is -0.146. The molecule has 19 heavy (non-hydrogen) atoms. The van der Waals surface area contributed by atoms with Gasteiger partial charge >= 0.3 is 5.97 Å². The lowest BCUT2D eigenvalue weighted by atomic mass is 9.83. The van der Waals surface area contributed by atoms with Crippen LogP contribution < -0.4 is 4.74 Å². The fourth-order valence-corrected chi connectivity index (χ4v) is 2.19. The Morgan fingerprint density at radius 2 is 1.84 bits per heavy atom. The topological polar surface area (TPSA) is 66.8 Å². The van der Waals surface area contributed by atoms with Crippen LogP contribution in [0, 0.1) is 19.3 Å². The smallest absolute Gasteiger partial charge is 0.309 e. The van der Waals surface area contributed by atoms with Gasteiger partial charge in [-0.2, -0.15) is 0 Å². The van der Waals surface area contributed by atoms with Crippen LogP contribution in [0.3, 0.4) is 0 Å². The maximum Gasteiger partial charge on any atom is 0.309 e. The molecule has 0 spiro atoms. The summed E-state index contributed by atoms with van der Waals surface area (Å²) in [6.07, 6.45) is 0.177. The highest BCUT2D eigenvalue weighted by Gasteiger charge is 2.31. The second-order valence-corrected chi connectivity index (χ2v) is 5.67. The highest BCUT2D eigenvalue weighted by Crippen LogP contribution is 2.43. The zero-order valence-corrected chi connectivity index (χ0v) is 12.6. The zero-order valence-electron chi connectivity index (χ0n) is 11.8. The van der Waals surface area contributed by atoms with Gasteiger partial charge in [0.15, 0.2) is 11.5 Å². The van der Waals surface area contributed by atoms with Crippen molar-refractivity contribution in [1.29, 1.82) is 0 Å². The molecule has 0 unspecified atom stereocenters. The highest BCUT2D eigenvalue weighted by atomic mass is 35.5. The van der Waals surface area contributed by atoms with Gasteiger partial charge in [0.05, 0.1) is 17.5 Å². The van der Waals surface area contributed by atoms with Crippen LogP contribution in [0.15, 0.2) is 0 Å². The van der Waals surface area contributed by atoms with Gasteiger partial charge < -0.3 is 14.9 Å². The number of phenolic OH excluding ortho intramolecular Hbond substituents is 1. The number of carbonyl (C=O) groups is 1. The minimum absolute atomic E-state index is 0.0313. The molecule has 0 bridgehead atoms. The second kappa shape index (κ2) is 5.29. The van der Waals surface area contributed by atoms with Crippen LogP contribution in [-0.2, 0) is 11.2 Å². The Balaban J connectivity index is 3.45. The van der Waals surface area contributed by atoms with Crippen LogP contribution in [0.1, 0.15) is 30.5 Å². The van der Waals surface area contributed by atoms with E-state index in [-0.39, 0.29) is 12.2 Å². The van der Waals surface area contributed by atoms with Gasteiger partial charge in [-0.1, -0.05) is 11.6 Å². The third-order valence-corrected chi connectivity index (χ3v) is 3.92. The Morgan fingerprint density at radius 1 is 1.32 bits per heavy atom. The van der Waals surface area contributed by atoms with E-state index in [1.807, 2.05) is 0 Å². The third-order valence-electron chi connectivity index (χ3n) is 3.35. The SMILES string of the molecule is COc1c(C)c(Cl)c(C)c(CC(C)(C)C(=O)O)c1O. The molecule has 0 saturated carbocycles. The number of aromatic hydroxyl groups is 1. The van der Waals surface area contributed by atoms with E-state index in [1.165, 1.54) is 7.11 Å². The highest BCUT2D eigenvalue weighted by molar-refractivity contribution is 6.32. The number of phenols is 1. The summed E-state index contributed by atoms with van der Waals surface area (Å²) in [7, 11) is 1.44. The van der Waals surface area contributed by atoms with E-state index in [1.54, 1.807) is 27.7 Å². The first kappa shape index (κ1) is 15.6. The summed E-state index contributed by atoms with van der Waals surface area (Å²) in [5.74, 6) is -0.662. The summed E-state index contributed by atoms with van der Waals surface area (Å²) in [5.41, 5.74) is 0.856. The first-order valence-electron chi connectivity index (χ1n) is 5.91. The third kappa shape index (κ3) is 2.78. The number of rotatable bonds is 4. The Morgan fingerprint density at radius 3 is 2.26 bits per heavy atom. The molecule has 0 heterocycles. The lowest BCUT2D eigenvalue weighted by Crippen LogP contribution is -2.26. The molecule has 106 valence electrons. The first-order chi connectivity index (χ1) is 8.63. The number of ether oxygens (including phenoxy) is 1. The average molecular weight is 287 g/mol. The van der Waals surface area contributed by atoms with Crippen LogP contribution in [0.25, 0.3) is 0 Å². The van der Waals surface area contributed by atoms with Crippen molar-refractivity contribution in [3.63, 3.8) is 0 Å². The van der Waals surface area contributed by atoms with E-state index < -0.39 is 11.4 Å². The molecular weight excluding hydrogens is 268 g/mol. The van der Waals surface area contributed by atoms with E-state index in [4.69, 9.17) is 16.3 Å². The summed E-state index contributed by atoms with van der Waals surface area (Å²) in [4.78, 5) is 11.2. The summed E-state index contributed by atoms with van der Waals surface area (Å²) in [5, 5.41) is 19.9. The molecule has 0 atom stereocenters. The predicted octanol–water partition coefficient (Wildman–Crippen LogP) is 3.32. The van der Waals surface area contributed by atoms with Crippen molar-refractivity contribution < 1.29 is 19.7 Å². The zero-order chi connectivity index (χ0) is 15.0. The van der Waals surface area contributed by atoms with E-state index in [0.717, 1.165) is 0 Å². The Hall–Kier alpha value is -1.42. The molecule has 1 aromatic rings. The Kier molecular flexibility index (Phi) is 4.35. The molecule has 0 saturated heterocycles. The monoisotopic (exact) mass is 286 g/mol. The minimum atomic E-state index is -0.994. The molecule has 1 aromatic carbocycles. The van der Waals surface area contributed by atoms with E-state index in [2.05, 4.69) is 0 Å². The molecule has 5 heteroatoms. The van der Waals surface area contributed by atoms with Gasteiger partial charge in [0.1, 0.15) is 0 Å². The van der Waals surface area contributed by atoms with E-state index >= 15 is 0 Å². The van der Waals surface area contributed by atoms with Gasteiger partial charge in [-0.25, -0.2) is 0 Å². The largest absolute Gasteiger partial charge is 0.504 e. The minimum Gasteiger partial charge on any atom is -0.504 e. The van der Waals surface area contributed by atoms with E-state index in [9.17, 15) is 15.0 Å². The van der Waals surface area contributed by atoms with Gasteiger partial charge in [-0.05, 0) is 39.7 Å². The summed E-state index contributed by atoms with van der Waals surface area (Å²) >= 11 is 6.21. The Labute approximate surface area is 118 Å². The van der Waals surface area contributed by atoms with Crippen molar-refractivity contribution in [1.82, 2.24) is 0 Å². The van der Waals surface area contributed by atoms with Crippen molar-refractivity contribution in [3.8, 4) is 11.5 Å². The van der Waals surface area contributed by atoms with Crippen LogP contribution >= 0.6 is 11.6 Å². The number of carboxylic acid groups (broad SMARTS) is 1. The molecule has 4 nitrogen and oxygen atoms in total. The number of aliphatic carboxylic acids is 1. The van der Waals surface area contributed by atoms with Gasteiger partial charge in [-0.15, -0.1) is 0 Å². The second-order valence-electron chi connectivity index (χ2n) is 5.29. The van der Waals surface area contributed by atoms with Crippen LogP contribution in [0.2, 0.25) is 5.02 Å². The van der Waals surface area contributed by atoms with Gasteiger partial charge in [-0.3, -0.25) is 4.79 Å². The number of halogens is 1. The fourth-order valence-electron chi connectivity index (χ4n) is 1.99. The number of benzene rings is 1. The van der Waals surface area contributed by atoms with Crippen molar-refractivity contribution in [2.45, 2.75) is 34.1 Å².